The molecule has 32 heavy (non-hydrogen) atoms. The van der Waals surface area contributed by atoms with Crippen LogP contribution in [0.1, 0.15) is 12.0 Å². The Morgan fingerprint density at radius 2 is 2.03 bits per heavy atom. The van der Waals surface area contributed by atoms with Crippen LogP contribution in [0.3, 0.4) is 0 Å². The summed E-state index contributed by atoms with van der Waals surface area (Å²) in [6.07, 6.45) is 3.42. The number of amides is 1. The smallest absolute Gasteiger partial charge is 0.265 e. The highest BCUT2D eigenvalue weighted by Gasteiger charge is 2.24. The molecule has 0 saturated carbocycles. The number of aliphatic imine (C=N–C) groups is 1. The van der Waals surface area contributed by atoms with Gasteiger partial charge in [-0.2, -0.15) is 0 Å². The number of nitrogens with zero attached hydrogens (tertiary/aromatic N) is 2. The topological polar surface area (TPSA) is 81.8 Å². The lowest BCUT2D eigenvalue weighted by molar-refractivity contribution is -0.121. The summed E-state index contributed by atoms with van der Waals surface area (Å²) in [5.41, 5.74) is 2.80. The van der Waals surface area contributed by atoms with Gasteiger partial charge in [-0.25, -0.2) is 4.39 Å². The van der Waals surface area contributed by atoms with E-state index in [1.54, 1.807) is 24.1 Å². The second-order valence-electron chi connectivity index (χ2n) is 7.33. The van der Waals surface area contributed by atoms with Crippen molar-refractivity contribution in [2.24, 2.45) is 4.99 Å². The zero-order chi connectivity index (χ0) is 21.6. The molecule has 2 heterocycles. The van der Waals surface area contributed by atoms with Crippen LogP contribution in [0, 0.1) is 5.82 Å². The number of aromatic amines is 1. The molecule has 1 aromatic heterocycles. The summed E-state index contributed by atoms with van der Waals surface area (Å²) in [6, 6.07) is 12.3. The lowest BCUT2D eigenvalue weighted by Crippen LogP contribution is -2.42. The Morgan fingerprint density at radius 1 is 1.22 bits per heavy atom. The second kappa shape index (κ2) is 11.2. The van der Waals surface area contributed by atoms with Gasteiger partial charge in [0.25, 0.3) is 5.91 Å². The SMILES string of the molecule is CN=C(NCCCN1C(=O)COc2ccccc21)NCCc1c[nH]c2ccc(F)cc12.I. The molecule has 0 spiro atoms. The number of nitrogens with one attached hydrogen (secondary N) is 3. The molecule has 0 fully saturated rings. The van der Waals surface area contributed by atoms with E-state index in [1.165, 1.54) is 6.07 Å². The molecule has 0 aliphatic carbocycles. The summed E-state index contributed by atoms with van der Waals surface area (Å²) >= 11 is 0. The van der Waals surface area contributed by atoms with Crippen molar-refractivity contribution in [1.82, 2.24) is 15.6 Å². The first-order valence-corrected chi connectivity index (χ1v) is 10.4. The van der Waals surface area contributed by atoms with Crippen molar-refractivity contribution in [1.29, 1.82) is 0 Å². The highest BCUT2D eigenvalue weighted by atomic mass is 127. The molecule has 9 heteroatoms. The number of anilines is 1. The highest BCUT2D eigenvalue weighted by Crippen LogP contribution is 2.31. The van der Waals surface area contributed by atoms with Gasteiger partial charge in [-0.15, -0.1) is 24.0 Å². The third kappa shape index (κ3) is 5.50. The number of guanidine groups is 1. The fourth-order valence-electron chi connectivity index (χ4n) is 3.74. The fraction of sp³-hybridized carbons (Fsp3) is 0.304. The Morgan fingerprint density at radius 3 is 2.88 bits per heavy atom. The maximum absolute atomic E-state index is 13.5. The monoisotopic (exact) mass is 551 g/mol. The van der Waals surface area contributed by atoms with Crippen LogP contribution >= 0.6 is 24.0 Å². The molecular formula is C23H27FIN5O2. The summed E-state index contributed by atoms with van der Waals surface area (Å²) in [4.78, 5) is 21.4. The molecule has 170 valence electrons. The van der Waals surface area contributed by atoms with Crippen molar-refractivity contribution in [2.45, 2.75) is 12.8 Å². The highest BCUT2D eigenvalue weighted by molar-refractivity contribution is 14.0. The Bertz CT molecular complexity index is 1100. The summed E-state index contributed by atoms with van der Waals surface area (Å²) in [5, 5.41) is 7.46. The van der Waals surface area contributed by atoms with E-state index in [4.69, 9.17) is 4.74 Å². The molecule has 7 nitrogen and oxygen atoms in total. The molecule has 1 amide bonds. The number of hydrogen-bond donors (Lipinski definition) is 3. The third-order valence-electron chi connectivity index (χ3n) is 5.30. The average Bonchev–Trinajstić information content (AvgIpc) is 3.18. The maximum Gasteiger partial charge on any atom is 0.265 e. The van der Waals surface area contributed by atoms with E-state index in [1.807, 2.05) is 30.5 Å². The minimum atomic E-state index is -0.236. The van der Waals surface area contributed by atoms with Crippen molar-refractivity contribution in [3.05, 3.63) is 60.0 Å². The molecule has 3 aromatic rings. The number of benzene rings is 2. The first kappa shape index (κ1) is 23.8. The lowest BCUT2D eigenvalue weighted by atomic mass is 10.1. The molecule has 2 aromatic carbocycles. The van der Waals surface area contributed by atoms with Gasteiger partial charge in [0.2, 0.25) is 0 Å². The molecule has 0 unspecified atom stereocenters. The number of rotatable bonds is 7. The predicted octanol–water partition coefficient (Wildman–Crippen LogP) is 3.45. The van der Waals surface area contributed by atoms with Crippen LogP contribution < -0.4 is 20.3 Å². The van der Waals surface area contributed by atoms with Crippen molar-refractivity contribution in [3.63, 3.8) is 0 Å². The largest absolute Gasteiger partial charge is 0.482 e. The summed E-state index contributed by atoms with van der Waals surface area (Å²) < 4.78 is 19.0. The minimum Gasteiger partial charge on any atom is -0.482 e. The number of para-hydroxylation sites is 2. The zero-order valence-corrected chi connectivity index (χ0v) is 20.2. The number of ether oxygens (including phenoxy) is 1. The van der Waals surface area contributed by atoms with Gasteiger partial charge in [-0.1, -0.05) is 12.1 Å². The maximum atomic E-state index is 13.5. The minimum absolute atomic E-state index is 0. The molecule has 1 aliphatic rings. The van der Waals surface area contributed by atoms with Crippen molar-refractivity contribution in [2.75, 3.05) is 38.2 Å². The number of halogens is 2. The lowest BCUT2D eigenvalue weighted by Gasteiger charge is -2.29. The van der Waals surface area contributed by atoms with Gasteiger partial charge in [0.15, 0.2) is 12.6 Å². The zero-order valence-electron chi connectivity index (χ0n) is 17.9. The van der Waals surface area contributed by atoms with Gasteiger partial charge in [-0.3, -0.25) is 9.79 Å². The summed E-state index contributed by atoms with van der Waals surface area (Å²) in [6.45, 7) is 2.01. The normalized spacial score (nSPS) is 13.4. The van der Waals surface area contributed by atoms with Gasteiger partial charge >= 0.3 is 0 Å². The second-order valence-corrected chi connectivity index (χ2v) is 7.33. The van der Waals surface area contributed by atoms with Crippen LogP contribution in [-0.4, -0.2) is 50.1 Å². The Labute approximate surface area is 203 Å². The molecular weight excluding hydrogens is 524 g/mol. The van der Waals surface area contributed by atoms with E-state index in [2.05, 4.69) is 20.6 Å². The van der Waals surface area contributed by atoms with Gasteiger partial charge in [0.1, 0.15) is 11.6 Å². The third-order valence-corrected chi connectivity index (χ3v) is 5.30. The molecule has 0 radical (unpaired) electrons. The first-order valence-electron chi connectivity index (χ1n) is 10.4. The molecule has 1 aliphatic heterocycles. The predicted molar refractivity (Wildman–Crippen MR) is 136 cm³/mol. The van der Waals surface area contributed by atoms with Gasteiger partial charge in [0, 0.05) is 43.8 Å². The Balaban J connectivity index is 0.00000289. The fourth-order valence-corrected chi connectivity index (χ4v) is 3.74. The van der Waals surface area contributed by atoms with Crippen LogP contribution in [0.15, 0.2) is 53.7 Å². The van der Waals surface area contributed by atoms with E-state index in [0.717, 1.165) is 40.7 Å². The quantitative estimate of drug-likeness (QED) is 0.182. The van der Waals surface area contributed by atoms with Crippen molar-refractivity contribution < 1.29 is 13.9 Å². The number of H-pyrrole nitrogens is 1. The summed E-state index contributed by atoms with van der Waals surface area (Å²) in [5.74, 6) is 1.17. The van der Waals surface area contributed by atoms with Crippen molar-refractivity contribution in [3.8, 4) is 5.75 Å². The van der Waals surface area contributed by atoms with Crippen molar-refractivity contribution >= 4 is 52.4 Å². The van der Waals surface area contributed by atoms with Crippen LogP contribution in [0.2, 0.25) is 0 Å². The van der Waals surface area contributed by atoms with Crippen LogP contribution in [0.25, 0.3) is 10.9 Å². The van der Waals surface area contributed by atoms with E-state index in [9.17, 15) is 9.18 Å². The molecule has 0 saturated heterocycles. The molecule has 0 atom stereocenters. The van der Waals surface area contributed by atoms with Crippen LogP contribution in [0.5, 0.6) is 5.75 Å². The molecule has 4 rings (SSSR count). The standard InChI is InChI=1S/C23H26FN5O2.HI/c1-25-23(27-11-9-16-14-28-19-8-7-17(24)13-18(16)19)26-10-4-12-29-20-5-2-3-6-21(20)31-15-22(29)30;/h2-3,5-8,13-14,28H,4,9-12,15H2,1H3,(H2,25,26,27);1H. The Hall–Kier alpha value is -2.82. The van der Waals surface area contributed by atoms with Gasteiger partial charge in [-0.05, 0) is 48.7 Å². The first-order chi connectivity index (χ1) is 15.2. The number of carbonyl (C=O) groups is 1. The van der Waals surface area contributed by atoms with E-state index < -0.39 is 0 Å². The molecule has 3 N–H and O–H groups in total. The number of fused-ring (bicyclic) bond motifs is 2. The number of aromatic nitrogens is 1. The Kier molecular flexibility index (Phi) is 8.32. The molecule has 0 bridgehead atoms. The van der Waals surface area contributed by atoms with Crippen LogP contribution in [-0.2, 0) is 11.2 Å². The van der Waals surface area contributed by atoms with E-state index in [0.29, 0.717) is 25.6 Å². The number of hydrogen-bond acceptors (Lipinski definition) is 3. The van der Waals surface area contributed by atoms with Crippen LogP contribution in [0.4, 0.5) is 10.1 Å². The number of carbonyl (C=O) groups excluding carboxylic acids is 1. The van der Waals surface area contributed by atoms with E-state index >= 15 is 0 Å². The van der Waals surface area contributed by atoms with Gasteiger partial charge < -0.3 is 25.3 Å². The summed E-state index contributed by atoms with van der Waals surface area (Å²) in [7, 11) is 1.72. The average molecular weight is 551 g/mol. The van der Waals surface area contributed by atoms with E-state index in [-0.39, 0.29) is 42.3 Å². The van der Waals surface area contributed by atoms with Gasteiger partial charge in [0.05, 0.1) is 5.69 Å².